The van der Waals surface area contributed by atoms with Crippen LogP contribution in [0.4, 0.5) is 0 Å². The Hall–Kier alpha value is -0.380. The van der Waals surface area contributed by atoms with Gasteiger partial charge in [-0.15, -0.1) is 0 Å². The van der Waals surface area contributed by atoms with Crippen molar-refractivity contribution in [1.82, 2.24) is 10.2 Å². The van der Waals surface area contributed by atoms with Crippen LogP contribution in [0.15, 0.2) is 28.7 Å². The monoisotopic (exact) mass is 298 g/mol. The van der Waals surface area contributed by atoms with Gasteiger partial charge in [-0.05, 0) is 58.6 Å². The highest BCUT2D eigenvalue weighted by molar-refractivity contribution is 9.10. The SMILES string of the molecule is CC(CCN(C)C)NC(C)c1cccc(Br)c1. The molecule has 0 aromatic heterocycles. The fourth-order valence-corrected chi connectivity index (χ4v) is 2.25. The lowest BCUT2D eigenvalue weighted by Crippen LogP contribution is -2.31. The maximum absolute atomic E-state index is 3.63. The summed E-state index contributed by atoms with van der Waals surface area (Å²) in [6, 6.07) is 9.42. The highest BCUT2D eigenvalue weighted by Gasteiger charge is 2.09. The molecule has 0 heterocycles. The minimum atomic E-state index is 0.393. The first-order valence-electron chi connectivity index (χ1n) is 6.15. The lowest BCUT2D eigenvalue weighted by atomic mass is 10.1. The van der Waals surface area contributed by atoms with Crippen LogP contribution in [-0.4, -0.2) is 31.6 Å². The number of hydrogen-bond donors (Lipinski definition) is 1. The summed E-state index contributed by atoms with van der Waals surface area (Å²) in [5.74, 6) is 0. The van der Waals surface area contributed by atoms with E-state index < -0.39 is 0 Å². The fourth-order valence-electron chi connectivity index (χ4n) is 1.83. The fraction of sp³-hybridized carbons (Fsp3) is 0.571. The van der Waals surface area contributed by atoms with Crippen LogP contribution in [0, 0.1) is 0 Å². The minimum Gasteiger partial charge on any atom is -0.309 e. The third-order valence-electron chi connectivity index (χ3n) is 2.89. The van der Waals surface area contributed by atoms with Crippen LogP contribution < -0.4 is 5.32 Å². The first-order valence-corrected chi connectivity index (χ1v) is 6.94. The molecular formula is C14H23BrN2. The molecular weight excluding hydrogens is 276 g/mol. The topological polar surface area (TPSA) is 15.3 Å². The Labute approximate surface area is 114 Å². The number of rotatable bonds is 6. The summed E-state index contributed by atoms with van der Waals surface area (Å²) in [6.07, 6.45) is 1.17. The van der Waals surface area contributed by atoms with E-state index in [1.165, 1.54) is 12.0 Å². The molecule has 0 saturated carbocycles. The molecule has 2 nitrogen and oxygen atoms in total. The van der Waals surface area contributed by atoms with Crippen LogP contribution in [0.5, 0.6) is 0 Å². The second-order valence-electron chi connectivity index (χ2n) is 4.94. The Morgan fingerprint density at radius 3 is 2.59 bits per heavy atom. The molecule has 0 fully saturated rings. The van der Waals surface area contributed by atoms with Crippen LogP contribution >= 0.6 is 15.9 Å². The van der Waals surface area contributed by atoms with Crippen LogP contribution in [0.3, 0.4) is 0 Å². The molecule has 1 rings (SSSR count). The maximum atomic E-state index is 3.63. The molecule has 2 atom stereocenters. The first-order chi connectivity index (χ1) is 7.99. The van der Waals surface area contributed by atoms with Gasteiger partial charge in [0.15, 0.2) is 0 Å². The Morgan fingerprint density at radius 1 is 1.29 bits per heavy atom. The number of benzene rings is 1. The van der Waals surface area contributed by atoms with E-state index in [1.807, 2.05) is 0 Å². The van der Waals surface area contributed by atoms with E-state index >= 15 is 0 Å². The van der Waals surface area contributed by atoms with Crippen molar-refractivity contribution in [1.29, 1.82) is 0 Å². The van der Waals surface area contributed by atoms with Crippen LogP contribution in [0.25, 0.3) is 0 Å². The standard InChI is InChI=1S/C14H23BrN2/c1-11(8-9-17(3)4)16-12(2)13-6-5-7-14(15)10-13/h5-7,10-12,16H,8-9H2,1-4H3. The summed E-state index contributed by atoms with van der Waals surface area (Å²) < 4.78 is 1.14. The molecule has 0 saturated heterocycles. The van der Waals surface area contributed by atoms with Gasteiger partial charge in [0.2, 0.25) is 0 Å². The highest BCUT2D eigenvalue weighted by Crippen LogP contribution is 2.18. The van der Waals surface area contributed by atoms with Crippen molar-refractivity contribution in [2.24, 2.45) is 0 Å². The number of halogens is 1. The Kier molecular flexibility index (Phi) is 6.17. The molecule has 1 N–H and O–H groups in total. The van der Waals surface area contributed by atoms with Gasteiger partial charge >= 0.3 is 0 Å². The van der Waals surface area contributed by atoms with Gasteiger partial charge in [-0.1, -0.05) is 28.1 Å². The first kappa shape index (κ1) is 14.7. The van der Waals surface area contributed by atoms with Crippen LogP contribution in [-0.2, 0) is 0 Å². The van der Waals surface area contributed by atoms with Gasteiger partial charge in [-0.3, -0.25) is 0 Å². The average molecular weight is 299 g/mol. The maximum Gasteiger partial charge on any atom is 0.0294 e. The van der Waals surface area contributed by atoms with Crippen LogP contribution in [0.2, 0.25) is 0 Å². The molecule has 96 valence electrons. The summed E-state index contributed by atoms with van der Waals surface area (Å²) in [6.45, 7) is 5.59. The molecule has 2 unspecified atom stereocenters. The van der Waals surface area contributed by atoms with E-state index in [0.29, 0.717) is 12.1 Å². The summed E-state index contributed by atoms with van der Waals surface area (Å²) in [4.78, 5) is 2.22. The average Bonchev–Trinajstić information content (AvgIpc) is 2.26. The molecule has 0 radical (unpaired) electrons. The predicted molar refractivity (Wildman–Crippen MR) is 78.3 cm³/mol. The third kappa shape index (κ3) is 5.66. The lowest BCUT2D eigenvalue weighted by Gasteiger charge is -2.22. The molecule has 0 spiro atoms. The van der Waals surface area contributed by atoms with Gasteiger partial charge in [0, 0.05) is 16.6 Å². The van der Waals surface area contributed by atoms with Crippen molar-refractivity contribution in [3.63, 3.8) is 0 Å². The zero-order chi connectivity index (χ0) is 12.8. The summed E-state index contributed by atoms with van der Waals surface area (Å²) in [5, 5.41) is 3.63. The largest absolute Gasteiger partial charge is 0.309 e. The molecule has 0 aliphatic rings. The van der Waals surface area contributed by atoms with Gasteiger partial charge in [-0.25, -0.2) is 0 Å². The van der Waals surface area contributed by atoms with Crippen molar-refractivity contribution in [3.8, 4) is 0 Å². The van der Waals surface area contributed by atoms with Gasteiger partial charge < -0.3 is 10.2 Å². The van der Waals surface area contributed by atoms with E-state index in [2.05, 4.69) is 78.4 Å². The van der Waals surface area contributed by atoms with Crippen molar-refractivity contribution in [2.45, 2.75) is 32.4 Å². The summed E-state index contributed by atoms with van der Waals surface area (Å²) in [5.41, 5.74) is 1.33. The smallest absolute Gasteiger partial charge is 0.0294 e. The Bertz CT molecular complexity index is 339. The lowest BCUT2D eigenvalue weighted by molar-refractivity contribution is 0.354. The van der Waals surface area contributed by atoms with E-state index in [9.17, 15) is 0 Å². The van der Waals surface area contributed by atoms with E-state index in [1.54, 1.807) is 0 Å². The van der Waals surface area contributed by atoms with Crippen molar-refractivity contribution < 1.29 is 0 Å². The third-order valence-corrected chi connectivity index (χ3v) is 3.39. The van der Waals surface area contributed by atoms with E-state index in [0.717, 1.165) is 11.0 Å². The van der Waals surface area contributed by atoms with Gasteiger partial charge in [0.25, 0.3) is 0 Å². The second kappa shape index (κ2) is 7.14. The van der Waals surface area contributed by atoms with Gasteiger partial charge in [0.1, 0.15) is 0 Å². The number of nitrogens with zero attached hydrogens (tertiary/aromatic N) is 1. The molecule has 1 aromatic rings. The number of nitrogens with one attached hydrogen (secondary N) is 1. The second-order valence-corrected chi connectivity index (χ2v) is 5.85. The van der Waals surface area contributed by atoms with Crippen molar-refractivity contribution >= 4 is 15.9 Å². The molecule has 0 aliphatic carbocycles. The minimum absolute atomic E-state index is 0.393. The zero-order valence-electron chi connectivity index (χ0n) is 11.2. The van der Waals surface area contributed by atoms with Gasteiger partial charge in [0.05, 0.1) is 0 Å². The normalized spacial score (nSPS) is 14.9. The zero-order valence-corrected chi connectivity index (χ0v) is 12.8. The van der Waals surface area contributed by atoms with Crippen molar-refractivity contribution in [2.75, 3.05) is 20.6 Å². The van der Waals surface area contributed by atoms with Crippen molar-refractivity contribution in [3.05, 3.63) is 34.3 Å². The Morgan fingerprint density at radius 2 is 2.00 bits per heavy atom. The van der Waals surface area contributed by atoms with Crippen LogP contribution in [0.1, 0.15) is 31.9 Å². The Balaban J connectivity index is 2.45. The molecule has 0 bridgehead atoms. The van der Waals surface area contributed by atoms with E-state index in [4.69, 9.17) is 0 Å². The molecule has 1 aromatic carbocycles. The number of hydrogen-bond acceptors (Lipinski definition) is 2. The predicted octanol–water partition coefficient (Wildman–Crippen LogP) is 3.44. The molecule has 3 heteroatoms. The molecule has 0 aliphatic heterocycles. The van der Waals surface area contributed by atoms with Gasteiger partial charge in [-0.2, -0.15) is 0 Å². The quantitative estimate of drug-likeness (QED) is 0.865. The highest BCUT2D eigenvalue weighted by atomic mass is 79.9. The molecule has 17 heavy (non-hydrogen) atoms. The molecule has 0 amide bonds. The summed E-state index contributed by atoms with van der Waals surface area (Å²) in [7, 11) is 4.23. The summed E-state index contributed by atoms with van der Waals surface area (Å²) >= 11 is 3.51. The van der Waals surface area contributed by atoms with E-state index in [-0.39, 0.29) is 0 Å².